The van der Waals surface area contributed by atoms with Crippen molar-refractivity contribution in [2.75, 3.05) is 0 Å². The Labute approximate surface area is 190 Å². The van der Waals surface area contributed by atoms with Gasteiger partial charge in [0.1, 0.15) is 17.1 Å². The molecule has 0 aromatic heterocycles. The van der Waals surface area contributed by atoms with Crippen LogP contribution < -0.4 is 0 Å². The fourth-order valence-corrected chi connectivity index (χ4v) is 4.99. The number of Topliss-reactive ketones (excluding diaryl/α,β-unsaturated/α-hetero) is 1. The lowest BCUT2D eigenvalue weighted by Crippen LogP contribution is -2.77. The number of halogens is 1. The SMILES string of the molecule is CC[C@H](C)C=CC1=CC2=C(Cl)C(=O)[C@@]3(C)OC(=O)C4=C([C@H](C)[C@H](C)O)O[C@@H](O1)[C@]2(O)[C@@]43O. The second-order valence-electron chi connectivity index (χ2n) is 9.08. The third-order valence-electron chi connectivity index (χ3n) is 7.11. The second-order valence-corrected chi connectivity index (χ2v) is 9.46. The van der Waals surface area contributed by atoms with Gasteiger partial charge in [0.2, 0.25) is 17.0 Å². The highest BCUT2D eigenvalue weighted by Crippen LogP contribution is 2.62. The van der Waals surface area contributed by atoms with E-state index in [1.165, 1.54) is 19.9 Å². The van der Waals surface area contributed by atoms with E-state index < -0.39 is 52.4 Å². The monoisotopic (exact) mass is 466 g/mol. The highest BCUT2D eigenvalue weighted by atomic mass is 35.5. The zero-order valence-corrected chi connectivity index (χ0v) is 19.3. The first-order valence-electron chi connectivity index (χ1n) is 10.6. The van der Waals surface area contributed by atoms with Crippen molar-refractivity contribution in [3.8, 4) is 0 Å². The summed E-state index contributed by atoms with van der Waals surface area (Å²) in [4.78, 5) is 26.1. The van der Waals surface area contributed by atoms with Crippen molar-refractivity contribution in [2.45, 2.75) is 70.2 Å². The first-order chi connectivity index (χ1) is 14.8. The third-order valence-corrected chi connectivity index (χ3v) is 7.48. The number of aliphatic hydroxyl groups excluding tert-OH is 1. The highest BCUT2D eigenvalue weighted by Gasteiger charge is 2.83. The Balaban J connectivity index is 2.00. The maximum atomic E-state index is 13.2. The van der Waals surface area contributed by atoms with Crippen molar-refractivity contribution in [3.63, 3.8) is 0 Å². The molecule has 0 aromatic carbocycles. The minimum Gasteiger partial charge on any atom is -0.455 e. The van der Waals surface area contributed by atoms with Crippen molar-refractivity contribution < 1.29 is 39.1 Å². The normalized spacial score (nSPS) is 38.7. The average molecular weight is 467 g/mol. The predicted molar refractivity (Wildman–Crippen MR) is 113 cm³/mol. The summed E-state index contributed by atoms with van der Waals surface area (Å²) in [6, 6.07) is 0. The van der Waals surface area contributed by atoms with E-state index in [1.807, 2.05) is 19.9 Å². The zero-order chi connectivity index (χ0) is 23.8. The summed E-state index contributed by atoms with van der Waals surface area (Å²) in [5.41, 5.74) is -7.71. The standard InChI is InChI=1S/C23H27ClO8/c1-6-10(2)7-8-13-9-14-16(24)18(26)21(5)23(29)15(19(27)32-21)17(11(3)12(4)25)31-20(30-13)22(14,23)28/h7-12,20,25,28-29H,6H2,1-5H3/t10-,11+,12-,20+,21+,22-,23+/m0/s1. The molecule has 1 fully saturated rings. The van der Waals surface area contributed by atoms with Crippen LogP contribution in [0, 0.1) is 11.8 Å². The molecular weight excluding hydrogens is 440 g/mol. The molecule has 4 rings (SSSR count). The van der Waals surface area contributed by atoms with Gasteiger partial charge in [-0.1, -0.05) is 44.9 Å². The molecule has 3 aliphatic heterocycles. The van der Waals surface area contributed by atoms with Crippen LogP contribution in [0.25, 0.3) is 0 Å². The van der Waals surface area contributed by atoms with Crippen LogP contribution in [0.1, 0.15) is 41.0 Å². The number of ether oxygens (including phenoxy) is 3. The van der Waals surface area contributed by atoms with Crippen LogP contribution in [-0.2, 0) is 23.8 Å². The summed E-state index contributed by atoms with van der Waals surface area (Å²) in [6.07, 6.45) is 3.27. The minimum absolute atomic E-state index is 0.108. The molecule has 174 valence electrons. The number of aliphatic hydroxyl groups is 3. The van der Waals surface area contributed by atoms with Crippen LogP contribution in [0.15, 0.2) is 45.9 Å². The van der Waals surface area contributed by atoms with Gasteiger partial charge in [-0.25, -0.2) is 4.79 Å². The van der Waals surface area contributed by atoms with E-state index in [0.717, 1.165) is 6.42 Å². The van der Waals surface area contributed by atoms with E-state index in [2.05, 4.69) is 0 Å². The fraction of sp³-hybridized carbons (Fsp3) is 0.565. The number of hydrogen-bond acceptors (Lipinski definition) is 8. The van der Waals surface area contributed by atoms with E-state index >= 15 is 0 Å². The van der Waals surface area contributed by atoms with Gasteiger partial charge in [-0.05, 0) is 31.9 Å². The van der Waals surface area contributed by atoms with Crippen molar-refractivity contribution in [1.29, 1.82) is 0 Å². The molecule has 32 heavy (non-hydrogen) atoms. The molecule has 1 saturated heterocycles. The number of ketones is 1. The van der Waals surface area contributed by atoms with Crippen LogP contribution in [0.4, 0.5) is 0 Å². The maximum Gasteiger partial charge on any atom is 0.341 e. The molecule has 3 heterocycles. The third kappa shape index (κ3) is 2.61. The van der Waals surface area contributed by atoms with E-state index in [1.54, 1.807) is 13.0 Å². The van der Waals surface area contributed by atoms with Gasteiger partial charge in [-0.2, -0.15) is 0 Å². The first kappa shape index (κ1) is 23.0. The van der Waals surface area contributed by atoms with Crippen LogP contribution in [0.3, 0.4) is 0 Å². The number of carbonyl (C=O) groups excluding carboxylic acids is 2. The van der Waals surface area contributed by atoms with Gasteiger partial charge in [-0.15, -0.1) is 0 Å². The first-order valence-corrected chi connectivity index (χ1v) is 11.0. The van der Waals surface area contributed by atoms with Gasteiger partial charge < -0.3 is 29.5 Å². The molecule has 8 nitrogen and oxygen atoms in total. The van der Waals surface area contributed by atoms with Gasteiger partial charge in [0, 0.05) is 11.5 Å². The van der Waals surface area contributed by atoms with Crippen molar-refractivity contribution in [3.05, 3.63) is 45.9 Å². The lowest BCUT2D eigenvalue weighted by Gasteiger charge is -2.56. The number of allylic oxidation sites excluding steroid dienone is 2. The van der Waals surface area contributed by atoms with E-state index in [9.17, 15) is 24.9 Å². The van der Waals surface area contributed by atoms with Crippen LogP contribution in [-0.4, -0.2) is 56.3 Å². The molecule has 0 aromatic rings. The molecule has 1 aliphatic carbocycles. The maximum absolute atomic E-state index is 13.2. The van der Waals surface area contributed by atoms with Crippen LogP contribution in [0.5, 0.6) is 0 Å². The largest absolute Gasteiger partial charge is 0.455 e. The Morgan fingerprint density at radius 3 is 2.47 bits per heavy atom. The van der Waals surface area contributed by atoms with Gasteiger partial charge in [0.05, 0.1) is 11.1 Å². The summed E-state index contributed by atoms with van der Waals surface area (Å²) in [5.74, 6) is -2.28. The summed E-state index contributed by atoms with van der Waals surface area (Å²) < 4.78 is 17.1. The minimum atomic E-state index is -2.55. The van der Waals surface area contributed by atoms with Gasteiger partial charge in [0.25, 0.3) is 6.29 Å². The Morgan fingerprint density at radius 2 is 1.88 bits per heavy atom. The van der Waals surface area contributed by atoms with E-state index in [-0.39, 0.29) is 28.0 Å². The molecule has 0 radical (unpaired) electrons. The van der Waals surface area contributed by atoms with Crippen molar-refractivity contribution in [1.82, 2.24) is 0 Å². The number of carbonyl (C=O) groups is 2. The van der Waals surface area contributed by atoms with Crippen molar-refractivity contribution >= 4 is 23.4 Å². The molecule has 3 N–H and O–H groups in total. The summed E-state index contributed by atoms with van der Waals surface area (Å²) >= 11 is 6.37. The molecular formula is C23H27ClO8. The predicted octanol–water partition coefficient (Wildman–Crippen LogP) is 1.98. The molecule has 0 bridgehead atoms. The lowest BCUT2D eigenvalue weighted by molar-refractivity contribution is -0.288. The smallest absolute Gasteiger partial charge is 0.341 e. The highest BCUT2D eigenvalue weighted by molar-refractivity contribution is 6.45. The molecule has 0 saturated carbocycles. The topological polar surface area (TPSA) is 123 Å². The Hall–Kier alpha value is -2.13. The fourth-order valence-electron chi connectivity index (χ4n) is 4.61. The van der Waals surface area contributed by atoms with E-state index in [0.29, 0.717) is 0 Å². The summed E-state index contributed by atoms with van der Waals surface area (Å²) in [7, 11) is 0. The second kappa shape index (κ2) is 7.18. The molecule has 0 spiro atoms. The Kier molecular flexibility index (Phi) is 5.17. The van der Waals surface area contributed by atoms with Gasteiger partial charge in [0.15, 0.2) is 5.60 Å². The quantitative estimate of drug-likeness (QED) is 0.526. The van der Waals surface area contributed by atoms with Crippen LogP contribution >= 0.6 is 11.6 Å². The lowest BCUT2D eigenvalue weighted by atomic mass is 9.58. The van der Waals surface area contributed by atoms with Gasteiger partial charge >= 0.3 is 5.97 Å². The Morgan fingerprint density at radius 1 is 1.22 bits per heavy atom. The number of hydrogen-bond donors (Lipinski definition) is 3. The van der Waals surface area contributed by atoms with Gasteiger partial charge in [-0.3, -0.25) is 4.79 Å². The molecule has 7 atom stereocenters. The summed E-state index contributed by atoms with van der Waals surface area (Å²) in [5, 5.41) is 33.6. The molecule has 9 heteroatoms. The molecule has 0 unspecified atom stereocenters. The number of esters is 1. The Bertz CT molecular complexity index is 1020. The zero-order valence-electron chi connectivity index (χ0n) is 18.5. The molecule has 0 amide bonds. The number of rotatable bonds is 5. The average Bonchev–Trinajstić information content (AvgIpc) is 2.96. The van der Waals surface area contributed by atoms with Crippen LogP contribution in [0.2, 0.25) is 0 Å². The summed E-state index contributed by atoms with van der Waals surface area (Å²) in [6.45, 7) is 8.31. The van der Waals surface area contributed by atoms with Crippen molar-refractivity contribution in [2.24, 2.45) is 11.8 Å². The molecule has 4 aliphatic rings. The van der Waals surface area contributed by atoms with E-state index in [4.69, 9.17) is 25.8 Å².